The number of halogens is 1. The molecule has 8 heteroatoms. The lowest BCUT2D eigenvalue weighted by Crippen LogP contribution is -2.14. The summed E-state index contributed by atoms with van der Waals surface area (Å²) >= 11 is 5.82. The van der Waals surface area contributed by atoms with Crippen LogP contribution in [-0.4, -0.2) is 20.5 Å². The summed E-state index contributed by atoms with van der Waals surface area (Å²) in [6.07, 6.45) is 0. The zero-order valence-electron chi connectivity index (χ0n) is 13.2. The van der Waals surface area contributed by atoms with Crippen molar-refractivity contribution in [2.75, 3.05) is 6.79 Å². The fraction of sp³-hybridized carbons (Fsp3) is 0.222. The SMILES string of the molecule is N#CC1(C#N)[C@H](c2ccc3c(c2)OCO3)[C@@H]1S(=O)(=O)c1ccc(Cl)cc1. The van der Waals surface area contributed by atoms with Crippen molar-refractivity contribution in [2.45, 2.75) is 16.1 Å². The Kier molecular flexibility index (Phi) is 3.62. The lowest BCUT2D eigenvalue weighted by atomic mass is 10.0. The molecule has 26 heavy (non-hydrogen) atoms. The summed E-state index contributed by atoms with van der Waals surface area (Å²) in [5, 5.41) is 18.4. The van der Waals surface area contributed by atoms with E-state index in [1.807, 2.05) is 12.1 Å². The molecule has 130 valence electrons. The normalized spacial score (nSPS) is 22.3. The molecular formula is C18H11ClN2O4S. The monoisotopic (exact) mass is 386 g/mol. The van der Waals surface area contributed by atoms with Gasteiger partial charge in [0.1, 0.15) is 5.25 Å². The minimum absolute atomic E-state index is 0.0324. The summed E-state index contributed by atoms with van der Waals surface area (Å²) in [5.41, 5.74) is -1.09. The van der Waals surface area contributed by atoms with Gasteiger partial charge in [-0.2, -0.15) is 10.5 Å². The second kappa shape index (κ2) is 5.63. The van der Waals surface area contributed by atoms with Crippen LogP contribution in [0, 0.1) is 28.1 Å². The molecule has 1 saturated carbocycles. The minimum Gasteiger partial charge on any atom is -0.454 e. The first-order valence-corrected chi connectivity index (χ1v) is 9.58. The van der Waals surface area contributed by atoms with E-state index in [0.29, 0.717) is 22.1 Å². The molecule has 4 rings (SSSR count). The zero-order chi connectivity index (χ0) is 18.5. The van der Waals surface area contributed by atoms with Gasteiger partial charge < -0.3 is 9.47 Å². The number of nitrogens with zero attached hydrogens (tertiary/aromatic N) is 2. The number of rotatable bonds is 3. The predicted octanol–water partition coefficient (Wildman–Crippen LogP) is 3.04. The Bertz CT molecular complexity index is 1070. The smallest absolute Gasteiger partial charge is 0.231 e. The van der Waals surface area contributed by atoms with Crippen LogP contribution < -0.4 is 9.47 Å². The van der Waals surface area contributed by atoms with Gasteiger partial charge in [-0.25, -0.2) is 8.42 Å². The number of fused-ring (bicyclic) bond motifs is 1. The number of hydrogen-bond acceptors (Lipinski definition) is 6. The van der Waals surface area contributed by atoms with E-state index in [1.165, 1.54) is 24.3 Å². The van der Waals surface area contributed by atoms with Crippen molar-refractivity contribution in [3.63, 3.8) is 0 Å². The first-order valence-electron chi connectivity index (χ1n) is 7.65. The van der Waals surface area contributed by atoms with E-state index in [2.05, 4.69) is 0 Å². The largest absolute Gasteiger partial charge is 0.454 e. The van der Waals surface area contributed by atoms with Gasteiger partial charge in [0.2, 0.25) is 6.79 Å². The van der Waals surface area contributed by atoms with Crippen molar-refractivity contribution in [1.82, 2.24) is 0 Å². The van der Waals surface area contributed by atoms with Crippen LogP contribution in [0.1, 0.15) is 11.5 Å². The summed E-state index contributed by atoms with van der Waals surface area (Å²) in [6, 6.07) is 14.5. The standard InChI is InChI=1S/C18H11ClN2O4S/c19-12-2-4-13(5-3-12)26(22,23)17-16(18(17,8-20)9-21)11-1-6-14-15(7-11)25-10-24-14/h1-7,16-17H,10H2/t16-,17+/m1/s1. The van der Waals surface area contributed by atoms with Crippen LogP contribution in [0.2, 0.25) is 5.02 Å². The second-order valence-electron chi connectivity index (χ2n) is 6.10. The van der Waals surface area contributed by atoms with Crippen molar-refractivity contribution in [3.05, 3.63) is 53.1 Å². The second-order valence-corrected chi connectivity index (χ2v) is 8.61. The number of benzene rings is 2. The predicted molar refractivity (Wildman–Crippen MR) is 91.4 cm³/mol. The first kappa shape index (κ1) is 16.7. The fourth-order valence-corrected chi connectivity index (χ4v) is 5.71. The molecule has 0 amide bonds. The third-order valence-electron chi connectivity index (χ3n) is 4.74. The number of hydrogen-bond donors (Lipinski definition) is 0. The van der Waals surface area contributed by atoms with Gasteiger partial charge in [0.25, 0.3) is 0 Å². The maximum Gasteiger partial charge on any atom is 0.231 e. The molecule has 0 N–H and O–H groups in total. The van der Waals surface area contributed by atoms with E-state index in [1.54, 1.807) is 18.2 Å². The molecule has 0 radical (unpaired) electrons. The summed E-state index contributed by atoms with van der Waals surface area (Å²) in [7, 11) is -3.90. The van der Waals surface area contributed by atoms with Crippen molar-refractivity contribution < 1.29 is 17.9 Å². The van der Waals surface area contributed by atoms with Gasteiger partial charge >= 0.3 is 0 Å². The Labute approximate surface area is 155 Å². The van der Waals surface area contributed by atoms with E-state index >= 15 is 0 Å². The third kappa shape index (κ3) is 2.25. The molecule has 2 aromatic carbocycles. The molecule has 1 heterocycles. The molecule has 0 aromatic heterocycles. The maximum atomic E-state index is 13.1. The molecule has 0 spiro atoms. The minimum atomic E-state index is -3.90. The summed E-state index contributed by atoms with van der Waals surface area (Å²) < 4.78 is 36.7. The van der Waals surface area contributed by atoms with E-state index in [-0.39, 0.29) is 11.7 Å². The molecule has 1 fully saturated rings. The van der Waals surface area contributed by atoms with Crippen LogP contribution in [0.4, 0.5) is 0 Å². The van der Waals surface area contributed by atoms with Crippen LogP contribution in [0.5, 0.6) is 11.5 Å². The van der Waals surface area contributed by atoms with Crippen LogP contribution in [0.25, 0.3) is 0 Å². The highest BCUT2D eigenvalue weighted by atomic mass is 35.5. The Morgan fingerprint density at radius 2 is 1.69 bits per heavy atom. The highest BCUT2D eigenvalue weighted by molar-refractivity contribution is 7.92. The Balaban J connectivity index is 1.79. The van der Waals surface area contributed by atoms with E-state index in [9.17, 15) is 18.9 Å². The molecular weight excluding hydrogens is 376 g/mol. The molecule has 0 saturated heterocycles. The van der Waals surface area contributed by atoms with Crippen molar-refractivity contribution in [2.24, 2.45) is 5.41 Å². The molecule has 0 bridgehead atoms. The van der Waals surface area contributed by atoms with Crippen molar-refractivity contribution in [3.8, 4) is 23.6 Å². The third-order valence-corrected chi connectivity index (χ3v) is 7.23. The Morgan fingerprint density at radius 1 is 1.04 bits per heavy atom. The molecule has 1 aliphatic heterocycles. The van der Waals surface area contributed by atoms with Gasteiger partial charge in [-0.1, -0.05) is 17.7 Å². The Morgan fingerprint density at radius 3 is 2.35 bits per heavy atom. The van der Waals surface area contributed by atoms with Gasteiger partial charge in [0.15, 0.2) is 26.8 Å². The molecule has 1 aliphatic carbocycles. The highest BCUT2D eigenvalue weighted by Crippen LogP contribution is 2.64. The maximum absolute atomic E-state index is 13.1. The quantitative estimate of drug-likeness (QED) is 0.803. The van der Waals surface area contributed by atoms with Gasteiger partial charge in [-0.3, -0.25) is 0 Å². The lowest BCUT2D eigenvalue weighted by molar-refractivity contribution is 0.174. The molecule has 2 atom stereocenters. The number of nitriles is 2. The van der Waals surface area contributed by atoms with E-state index in [0.717, 1.165) is 0 Å². The summed E-state index contributed by atoms with van der Waals surface area (Å²) in [6.45, 7) is 0.0810. The average molecular weight is 387 g/mol. The highest BCUT2D eigenvalue weighted by Gasteiger charge is 2.73. The van der Waals surface area contributed by atoms with Gasteiger partial charge in [0, 0.05) is 10.9 Å². The zero-order valence-corrected chi connectivity index (χ0v) is 14.8. The Hall–Kier alpha value is -2.74. The average Bonchev–Trinajstić information content (AvgIpc) is 3.12. The lowest BCUT2D eigenvalue weighted by Gasteiger charge is -2.04. The topological polar surface area (TPSA) is 100 Å². The van der Waals surface area contributed by atoms with Crippen LogP contribution >= 0.6 is 11.6 Å². The molecule has 6 nitrogen and oxygen atoms in total. The van der Waals surface area contributed by atoms with E-state index < -0.39 is 26.4 Å². The van der Waals surface area contributed by atoms with Gasteiger partial charge in [0.05, 0.1) is 17.0 Å². The first-order chi connectivity index (χ1) is 12.4. The van der Waals surface area contributed by atoms with Crippen LogP contribution in [0.3, 0.4) is 0 Å². The van der Waals surface area contributed by atoms with Crippen molar-refractivity contribution in [1.29, 1.82) is 10.5 Å². The fourth-order valence-electron chi connectivity index (χ4n) is 3.39. The number of sulfone groups is 1. The van der Waals surface area contributed by atoms with Crippen molar-refractivity contribution >= 4 is 21.4 Å². The molecule has 0 unspecified atom stereocenters. The molecule has 2 aliphatic rings. The summed E-state index contributed by atoms with van der Waals surface area (Å²) in [4.78, 5) is 0.0324. The number of ether oxygens (including phenoxy) is 2. The van der Waals surface area contributed by atoms with Gasteiger partial charge in [-0.05, 0) is 42.0 Å². The van der Waals surface area contributed by atoms with E-state index in [4.69, 9.17) is 21.1 Å². The van der Waals surface area contributed by atoms with Gasteiger partial charge in [-0.15, -0.1) is 0 Å². The molecule has 2 aromatic rings. The summed E-state index contributed by atoms with van der Waals surface area (Å²) in [5.74, 6) is 0.250. The van der Waals surface area contributed by atoms with Crippen LogP contribution in [0.15, 0.2) is 47.4 Å². The van der Waals surface area contributed by atoms with Crippen LogP contribution in [-0.2, 0) is 9.84 Å².